The molecule has 0 fully saturated rings. The van der Waals surface area contributed by atoms with E-state index in [2.05, 4.69) is 4.98 Å². The van der Waals surface area contributed by atoms with Gasteiger partial charge in [-0.05, 0) is 24.1 Å². The highest BCUT2D eigenvalue weighted by Gasteiger charge is 2.20. The molecule has 22 heavy (non-hydrogen) atoms. The lowest BCUT2D eigenvalue weighted by atomic mass is 10.2. The molecule has 2 N–H and O–H groups in total. The summed E-state index contributed by atoms with van der Waals surface area (Å²) in [5.74, 6) is -0.224. The van der Waals surface area contributed by atoms with Crippen LogP contribution in [0.15, 0.2) is 42.5 Å². The van der Waals surface area contributed by atoms with Gasteiger partial charge in [0.25, 0.3) is 5.91 Å². The number of hydrogen-bond donors (Lipinski definition) is 2. The third-order valence-electron chi connectivity index (χ3n) is 3.44. The van der Waals surface area contributed by atoms with Crippen molar-refractivity contribution in [2.45, 2.75) is 26.0 Å². The van der Waals surface area contributed by atoms with Crippen LogP contribution in [-0.2, 0) is 6.54 Å². The van der Waals surface area contributed by atoms with Crippen LogP contribution in [0.5, 0.6) is 0 Å². The van der Waals surface area contributed by atoms with Gasteiger partial charge in [-0.1, -0.05) is 37.3 Å². The minimum Gasteiger partial charge on any atom is -0.391 e. The van der Waals surface area contributed by atoms with Gasteiger partial charge < -0.3 is 15.0 Å². The van der Waals surface area contributed by atoms with Crippen LogP contribution >= 0.6 is 0 Å². The highest BCUT2D eigenvalue weighted by Crippen LogP contribution is 2.11. The van der Waals surface area contributed by atoms with Crippen molar-refractivity contribution in [3.05, 3.63) is 59.4 Å². The number of nitrogens with zero attached hydrogens (tertiary/aromatic N) is 2. The monoisotopic (exact) mass is 297 g/mol. The number of aliphatic hydroxyl groups excluding tert-OH is 1. The number of hydrogen-bond acceptors (Lipinski definition) is 3. The number of carbonyl (C=O) groups is 1. The number of aromatic nitrogens is 1. The normalized spacial score (nSPS) is 11.7. The van der Waals surface area contributed by atoms with Gasteiger partial charge in [0.2, 0.25) is 0 Å². The molecule has 0 aliphatic heterocycles. The van der Waals surface area contributed by atoms with E-state index in [4.69, 9.17) is 5.26 Å². The van der Waals surface area contributed by atoms with Crippen molar-refractivity contribution >= 4 is 5.91 Å². The minimum absolute atomic E-state index is 0.224. The molecule has 1 unspecified atom stereocenters. The number of amides is 1. The van der Waals surface area contributed by atoms with Gasteiger partial charge in [-0.25, -0.2) is 0 Å². The molecule has 5 heteroatoms. The Morgan fingerprint density at radius 3 is 2.64 bits per heavy atom. The Bertz CT molecular complexity index is 658. The molecule has 0 saturated carbocycles. The molecular weight excluding hydrogens is 278 g/mol. The molecule has 1 amide bonds. The van der Waals surface area contributed by atoms with Crippen molar-refractivity contribution in [1.82, 2.24) is 9.88 Å². The smallest absolute Gasteiger partial charge is 0.270 e. The van der Waals surface area contributed by atoms with Crippen molar-refractivity contribution in [3.8, 4) is 6.07 Å². The van der Waals surface area contributed by atoms with Crippen LogP contribution < -0.4 is 0 Å². The number of nitrogens with one attached hydrogen (secondary N) is 1. The fourth-order valence-electron chi connectivity index (χ4n) is 2.16. The van der Waals surface area contributed by atoms with E-state index >= 15 is 0 Å². The summed E-state index contributed by atoms with van der Waals surface area (Å²) in [6, 6.07) is 14.8. The zero-order valence-corrected chi connectivity index (χ0v) is 12.5. The largest absolute Gasteiger partial charge is 0.391 e. The first-order valence-corrected chi connectivity index (χ1v) is 7.24. The first-order chi connectivity index (χ1) is 10.6. The third kappa shape index (κ3) is 3.96. The second kappa shape index (κ2) is 7.43. The van der Waals surface area contributed by atoms with E-state index < -0.39 is 6.10 Å². The summed E-state index contributed by atoms with van der Waals surface area (Å²) in [7, 11) is 0. The van der Waals surface area contributed by atoms with Gasteiger partial charge in [0, 0.05) is 13.1 Å². The molecule has 0 saturated heterocycles. The molecule has 0 aliphatic rings. The second-order valence-corrected chi connectivity index (χ2v) is 5.13. The molecule has 0 spiro atoms. The summed E-state index contributed by atoms with van der Waals surface area (Å²) in [5, 5.41) is 18.7. The Balaban J connectivity index is 2.19. The maximum absolute atomic E-state index is 12.6. The number of rotatable bonds is 6. The number of H-pyrrole nitrogens is 1. The fraction of sp³-hybridized carbons (Fsp3) is 0.294. The van der Waals surface area contributed by atoms with Crippen LogP contribution in [0.3, 0.4) is 0 Å². The van der Waals surface area contributed by atoms with Crippen molar-refractivity contribution in [2.24, 2.45) is 0 Å². The van der Waals surface area contributed by atoms with Gasteiger partial charge in [0.15, 0.2) is 0 Å². The molecular formula is C17H19N3O2. The Kier molecular flexibility index (Phi) is 5.34. The predicted octanol–water partition coefficient (Wildman–Crippen LogP) is 2.30. The molecule has 1 aromatic carbocycles. The number of carbonyl (C=O) groups excluding carboxylic acids is 1. The molecule has 114 valence electrons. The van der Waals surface area contributed by atoms with E-state index in [0.717, 1.165) is 5.56 Å². The average Bonchev–Trinajstić information content (AvgIpc) is 3.03. The lowest BCUT2D eigenvalue weighted by Gasteiger charge is -2.24. The van der Waals surface area contributed by atoms with Gasteiger partial charge in [-0.3, -0.25) is 4.79 Å². The molecule has 1 heterocycles. The summed E-state index contributed by atoms with van der Waals surface area (Å²) in [5.41, 5.74) is 1.70. The maximum Gasteiger partial charge on any atom is 0.270 e. The van der Waals surface area contributed by atoms with Crippen LogP contribution in [0, 0.1) is 11.3 Å². The van der Waals surface area contributed by atoms with E-state index in [9.17, 15) is 9.90 Å². The number of aromatic amines is 1. The van der Waals surface area contributed by atoms with Crippen molar-refractivity contribution in [1.29, 1.82) is 5.26 Å². The van der Waals surface area contributed by atoms with Gasteiger partial charge in [0.05, 0.1) is 6.10 Å². The molecule has 1 aromatic heterocycles. The summed E-state index contributed by atoms with van der Waals surface area (Å²) in [6.07, 6.45) is 0.00489. The van der Waals surface area contributed by atoms with Gasteiger partial charge in [-0.15, -0.1) is 0 Å². The standard InChI is InChI=1S/C17H19N3O2/c1-2-15(21)12-20(11-13-6-4-3-5-7-13)17(22)16-9-8-14(10-18)19-16/h3-9,15,19,21H,2,11-12H2,1H3. The number of aliphatic hydroxyl groups is 1. The summed E-state index contributed by atoms with van der Waals surface area (Å²) in [4.78, 5) is 17.0. The lowest BCUT2D eigenvalue weighted by molar-refractivity contribution is 0.0594. The van der Waals surface area contributed by atoms with E-state index in [1.54, 1.807) is 17.0 Å². The van der Waals surface area contributed by atoms with E-state index in [-0.39, 0.29) is 12.5 Å². The molecule has 0 aliphatic carbocycles. The quantitative estimate of drug-likeness (QED) is 0.858. The molecule has 2 aromatic rings. The maximum atomic E-state index is 12.6. The van der Waals surface area contributed by atoms with Crippen LogP contribution in [0.4, 0.5) is 0 Å². The van der Waals surface area contributed by atoms with Crippen molar-refractivity contribution in [3.63, 3.8) is 0 Å². The zero-order chi connectivity index (χ0) is 15.9. The average molecular weight is 297 g/mol. The summed E-state index contributed by atoms with van der Waals surface area (Å²) in [6.45, 7) is 2.54. The van der Waals surface area contributed by atoms with Crippen LogP contribution in [0.1, 0.15) is 35.1 Å². The van der Waals surface area contributed by atoms with Gasteiger partial charge in [-0.2, -0.15) is 5.26 Å². The highest BCUT2D eigenvalue weighted by atomic mass is 16.3. The Morgan fingerprint density at radius 2 is 2.05 bits per heavy atom. The van der Waals surface area contributed by atoms with Crippen LogP contribution in [0.2, 0.25) is 0 Å². The topological polar surface area (TPSA) is 80.1 Å². The minimum atomic E-state index is -0.571. The van der Waals surface area contributed by atoms with Gasteiger partial charge in [0.1, 0.15) is 17.5 Å². The van der Waals surface area contributed by atoms with Crippen LogP contribution in [0.25, 0.3) is 0 Å². The van der Waals surface area contributed by atoms with Crippen molar-refractivity contribution in [2.75, 3.05) is 6.54 Å². The summed E-state index contributed by atoms with van der Waals surface area (Å²) >= 11 is 0. The third-order valence-corrected chi connectivity index (χ3v) is 3.44. The number of nitriles is 1. The molecule has 1 atom stereocenters. The molecule has 2 rings (SSSR count). The molecule has 5 nitrogen and oxygen atoms in total. The number of benzene rings is 1. The highest BCUT2D eigenvalue weighted by molar-refractivity contribution is 5.92. The first kappa shape index (κ1) is 15.8. The van der Waals surface area contributed by atoms with E-state index in [0.29, 0.717) is 24.4 Å². The summed E-state index contributed by atoms with van der Waals surface area (Å²) < 4.78 is 0. The Hall–Kier alpha value is -2.58. The van der Waals surface area contributed by atoms with Gasteiger partial charge >= 0.3 is 0 Å². The van der Waals surface area contributed by atoms with Crippen molar-refractivity contribution < 1.29 is 9.90 Å². The van der Waals surface area contributed by atoms with E-state index in [1.807, 2.05) is 43.3 Å². The van der Waals surface area contributed by atoms with E-state index in [1.165, 1.54) is 0 Å². The fourth-order valence-corrected chi connectivity index (χ4v) is 2.16. The predicted molar refractivity (Wildman–Crippen MR) is 83.0 cm³/mol. The second-order valence-electron chi connectivity index (χ2n) is 5.13. The lowest BCUT2D eigenvalue weighted by Crippen LogP contribution is -2.37. The first-order valence-electron chi connectivity index (χ1n) is 7.24. The SMILES string of the molecule is CCC(O)CN(Cc1ccccc1)C(=O)c1ccc(C#N)[nH]1. The Morgan fingerprint density at radius 1 is 1.32 bits per heavy atom. The molecule has 0 bridgehead atoms. The zero-order valence-electron chi connectivity index (χ0n) is 12.5. The Labute approximate surface area is 129 Å². The van der Waals surface area contributed by atoms with Crippen LogP contribution in [-0.4, -0.2) is 33.5 Å². The molecule has 0 radical (unpaired) electrons.